The Morgan fingerprint density at radius 1 is 1.58 bits per heavy atom. The van der Waals surface area contributed by atoms with Gasteiger partial charge in [0.05, 0.1) is 16.4 Å². The average Bonchev–Trinajstić information content (AvgIpc) is 3.15. The molecule has 2 aromatic rings. The fourth-order valence-electron chi connectivity index (χ4n) is 1.74. The van der Waals surface area contributed by atoms with Crippen LogP contribution in [0.5, 0.6) is 0 Å². The standard InChI is InChI=1S/C11H12BrN5OS/c1-5-7(13)4-14-9(8(5)12)19-11-16-15-10(18)17(11)6-2-3-6/h4,6H,2-3,13H2,1H3,(H,15,18). The number of H-pyrrole nitrogens is 1. The van der Waals surface area contributed by atoms with Gasteiger partial charge in [0.15, 0.2) is 5.16 Å². The molecule has 0 amide bonds. The van der Waals surface area contributed by atoms with Crippen LogP contribution in [0.25, 0.3) is 0 Å². The molecule has 2 aromatic heterocycles. The molecule has 0 spiro atoms. The first-order valence-electron chi connectivity index (χ1n) is 5.83. The lowest BCUT2D eigenvalue weighted by atomic mass is 10.3. The van der Waals surface area contributed by atoms with Gasteiger partial charge in [-0.2, -0.15) is 0 Å². The molecule has 19 heavy (non-hydrogen) atoms. The largest absolute Gasteiger partial charge is 0.397 e. The minimum absolute atomic E-state index is 0.159. The molecular weight excluding hydrogens is 330 g/mol. The van der Waals surface area contributed by atoms with E-state index < -0.39 is 0 Å². The molecule has 100 valence electrons. The van der Waals surface area contributed by atoms with Crippen molar-refractivity contribution in [2.75, 3.05) is 5.73 Å². The third kappa shape index (κ3) is 2.30. The summed E-state index contributed by atoms with van der Waals surface area (Å²) in [5.74, 6) is 0. The second-order valence-corrected chi connectivity index (χ2v) is 6.22. The highest BCUT2D eigenvalue weighted by molar-refractivity contribution is 9.10. The van der Waals surface area contributed by atoms with Gasteiger partial charge in [-0.1, -0.05) is 0 Å². The van der Waals surface area contributed by atoms with E-state index in [1.165, 1.54) is 11.8 Å². The fourth-order valence-corrected chi connectivity index (χ4v) is 3.26. The second-order valence-electron chi connectivity index (χ2n) is 4.47. The van der Waals surface area contributed by atoms with Gasteiger partial charge in [0.25, 0.3) is 0 Å². The zero-order valence-corrected chi connectivity index (χ0v) is 12.6. The van der Waals surface area contributed by atoms with E-state index in [-0.39, 0.29) is 11.7 Å². The molecule has 0 unspecified atom stereocenters. The van der Waals surface area contributed by atoms with E-state index in [2.05, 4.69) is 31.1 Å². The maximum Gasteiger partial charge on any atom is 0.344 e. The lowest BCUT2D eigenvalue weighted by Crippen LogP contribution is -2.16. The number of nitrogen functional groups attached to an aromatic ring is 1. The van der Waals surface area contributed by atoms with Crippen molar-refractivity contribution in [1.29, 1.82) is 0 Å². The number of aromatic amines is 1. The number of hydrogen-bond acceptors (Lipinski definition) is 5. The van der Waals surface area contributed by atoms with Gasteiger partial charge in [0, 0.05) is 6.04 Å². The molecule has 3 rings (SSSR count). The van der Waals surface area contributed by atoms with Crippen LogP contribution in [0.4, 0.5) is 5.69 Å². The third-order valence-electron chi connectivity index (χ3n) is 3.04. The van der Waals surface area contributed by atoms with Crippen molar-refractivity contribution in [2.45, 2.75) is 36.0 Å². The molecule has 1 aliphatic carbocycles. The van der Waals surface area contributed by atoms with Gasteiger partial charge in [0.2, 0.25) is 0 Å². The normalized spacial score (nSPS) is 14.8. The van der Waals surface area contributed by atoms with Gasteiger partial charge in [0.1, 0.15) is 5.03 Å². The number of nitrogens with two attached hydrogens (primary N) is 1. The topological polar surface area (TPSA) is 89.6 Å². The number of anilines is 1. The molecule has 1 aliphatic rings. The molecule has 1 fully saturated rings. The van der Waals surface area contributed by atoms with Gasteiger partial charge in [-0.3, -0.25) is 4.57 Å². The number of halogens is 1. The lowest BCUT2D eigenvalue weighted by Gasteiger charge is -2.08. The van der Waals surface area contributed by atoms with Gasteiger partial charge in [-0.05, 0) is 53.0 Å². The molecular formula is C11H12BrN5OS. The summed E-state index contributed by atoms with van der Waals surface area (Å²) < 4.78 is 2.54. The Morgan fingerprint density at radius 2 is 2.32 bits per heavy atom. The Balaban J connectivity index is 1.98. The van der Waals surface area contributed by atoms with Crippen molar-refractivity contribution < 1.29 is 0 Å². The van der Waals surface area contributed by atoms with E-state index in [0.29, 0.717) is 10.8 Å². The highest BCUT2D eigenvalue weighted by Gasteiger charge is 2.29. The summed E-state index contributed by atoms with van der Waals surface area (Å²) in [4.78, 5) is 16.0. The van der Waals surface area contributed by atoms with E-state index in [1.54, 1.807) is 10.8 Å². The van der Waals surface area contributed by atoms with Crippen LogP contribution in [-0.2, 0) is 0 Å². The molecule has 0 aliphatic heterocycles. The van der Waals surface area contributed by atoms with Crippen molar-refractivity contribution in [2.24, 2.45) is 0 Å². The van der Waals surface area contributed by atoms with Gasteiger partial charge in [-0.25, -0.2) is 14.9 Å². The first kappa shape index (κ1) is 12.7. The molecule has 1 saturated carbocycles. The van der Waals surface area contributed by atoms with Crippen LogP contribution < -0.4 is 11.4 Å². The van der Waals surface area contributed by atoms with E-state index in [4.69, 9.17) is 5.73 Å². The Bertz CT molecular complexity index is 691. The minimum Gasteiger partial charge on any atom is -0.397 e. The smallest absolute Gasteiger partial charge is 0.344 e. The van der Waals surface area contributed by atoms with Crippen LogP contribution in [0.2, 0.25) is 0 Å². The van der Waals surface area contributed by atoms with E-state index in [1.807, 2.05) is 6.92 Å². The summed E-state index contributed by atoms with van der Waals surface area (Å²) in [5, 5.41) is 7.96. The average molecular weight is 342 g/mol. The maximum atomic E-state index is 11.7. The minimum atomic E-state index is -0.159. The molecule has 6 nitrogen and oxygen atoms in total. The molecule has 0 atom stereocenters. The van der Waals surface area contributed by atoms with Gasteiger partial charge >= 0.3 is 5.69 Å². The van der Waals surface area contributed by atoms with Crippen molar-refractivity contribution in [3.8, 4) is 0 Å². The fraction of sp³-hybridized carbons (Fsp3) is 0.364. The van der Waals surface area contributed by atoms with Crippen molar-refractivity contribution in [1.82, 2.24) is 19.7 Å². The summed E-state index contributed by atoms with van der Waals surface area (Å²) in [6.45, 7) is 1.92. The van der Waals surface area contributed by atoms with E-state index in [9.17, 15) is 4.79 Å². The van der Waals surface area contributed by atoms with Crippen LogP contribution in [0.1, 0.15) is 24.4 Å². The summed E-state index contributed by atoms with van der Waals surface area (Å²) in [6.07, 6.45) is 3.68. The zero-order valence-electron chi connectivity index (χ0n) is 10.2. The predicted octanol–water partition coefficient (Wildman–Crippen LogP) is 2.11. The molecule has 0 aromatic carbocycles. The monoisotopic (exact) mass is 341 g/mol. The summed E-state index contributed by atoms with van der Waals surface area (Å²) >= 11 is 4.84. The highest BCUT2D eigenvalue weighted by atomic mass is 79.9. The number of rotatable bonds is 3. The van der Waals surface area contributed by atoms with Crippen molar-refractivity contribution in [3.05, 3.63) is 26.7 Å². The zero-order chi connectivity index (χ0) is 13.6. The van der Waals surface area contributed by atoms with Gasteiger partial charge in [-0.15, -0.1) is 5.10 Å². The summed E-state index contributed by atoms with van der Waals surface area (Å²) in [7, 11) is 0. The summed E-state index contributed by atoms with van der Waals surface area (Å²) in [5.41, 5.74) is 7.21. The molecule has 8 heteroatoms. The predicted molar refractivity (Wildman–Crippen MR) is 76.3 cm³/mol. The number of nitrogens with one attached hydrogen (secondary N) is 1. The van der Waals surface area contributed by atoms with E-state index >= 15 is 0 Å². The number of hydrogen-bond donors (Lipinski definition) is 2. The number of nitrogens with zero attached hydrogens (tertiary/aromatic N) is 3. The molecule has 0 radical (unpaired) electrons. The third-order valence-corrected chi connectivity index (χ3v) is 5.25. The molecule has 0 bridgehead atoms. The Hall–Kier alpha value is -1.28. The SMILES string of the molecule is Cc1c(N)cnc(Sc2n[nH]c(=O)n2C2CC2)c1Br. The van der Waals surface area contributed by atoms with Crippen LogP contribution in [-0.4, -0.2) is 19.7 Å². The van der Waals surface area contributed by atoms with E-state index in [0.717, 1.165) is 27.9 Å². The Morgan fingerprint density at radius 3 is 3.00 bits per heavy atom. The molecule has 3 N–H and O–H groups in total. The van der Waals surface area contributed by atoms with Crippen molar-refractivity contribution >= 4 is 33.4 Å². The first-order valence-corrected chi connectivity index (χ1v) is 7.44. The Kier molecular flexibility index (Phi) is 3.14. The molecule has 2 heterocycles. The van der Waals surface area contributed by atoms with Crippen LogP contribution in [0.3, 0.4) is 0 Å². The molecule has 0 saturated heterocycles. The van der Waals surface area contributed by atoms with Crippen LogP contribution in [0, 0.1) is 6.92 Å². The Labute approximate surface area is 121 Å². The van der Waals surface area contributed by atoms with Gasteiger partial charge < -0.3 is 5.73 Å². The number of pyridine rings is 1. The number of aromatic nitrogens is 4. The van der Waals surface area contributed by atoms with Crippen molar-refractivity contribution in [3.63, 3.8) is 0 Å². The highest BCUT2D eigenvalue weighted by Crippen LogP contribution is 2.39. The maximum absolute atomic E-state index is 11.7. The van der Waals surface area contributed by atoms with Crippen LogP contribution >= 0.6 is 27.7 Å². The lowest BCUT2D eigenvalue weighted by molar-refractivity contribution is 0.642. The second kappa shape index (κ2) is 4.68. The first-order chi connectivity index (χ1) is 9.08. The summed E-state index contributed by atoms with van der Waals surface area (Å²) in [6, 6.07) is 0.280. The van der Waals surface area contributed by atoms with Crippen LogP contribution in [0.15, 0.2) is 25.6 Å². The quantitative estimate of drug-likeness (QED) is 0.892.